The highest BCUT2D eigenvalue weighted by Crippen LogP contribution is 2.25. The predicted molar refractivity (Wildman–Crippen MR) is 96.8 cm³/mol. The van der Waals surface area contributed by atoms with Crippen LogP contribution in [-0.4, -0.2) is 13.0 Å². The molecule has 0 aliphatic rings. The number of halogens is 1. The monoisotopic (exact) mass is 375 g/mol. The lowest BCUT2D eigenvalue weighted by Gasteiger charge is -2.21. The van der Waals surface area contributed by atoms with Crippen molar-refractivity contribution in [3.8, 4) is 5.75 Å². The summed E-state index contributed by atoms with van der Waals surface area (Å²) in [5.41, 5.74) is 1.70. The molecule has 0 bridgehead atoms. The first-order chi connectivity index (χ1) is 11.0. The summed E-state index contributed by atoms with van der Waals surface area (Å²) in [7, 11) is 1.59. The Morgan fingerprint density at radius 1 is 1.17 bits per heavy atom. The topological polar surface area (TPSA) is 38.3 Å². The molecule has 0 aliphatic carbocycles. The van der Waals surface area contributed by atoms with Crippen molar-refractivity contribution in [3.63, 3.8) is 0 Å². The minimum absolute atomic E-state index is 0.0122. The number of benzene rings is 2. The number of amides is 1. The number of methoxy groups -OCH3 is 1. The zero-order valence-electron chi connectivity index (χ0n) is 13.7. The molecule has 1 unspecified atom stereocenters. The van der Waals surface area contributed by atoms with E-state index < -0.39 is 0 Å². The van der Waals surface area contributed by atoms with Crippen molar-refractivity contribution < 1.29 is 9.53 Å². The minimum Gasteiger partial charge on any atom is -0.497 e. The van der Waals surface area contributed by atoms with Gasteiger partial charge < -0.3 is 10.1 Å². The van der Waals surface area contributed by atoms with Crippen LogP contribution in [0.1, 0.15) is 42.2 Å². The number of nitrogens with one attached hydrogen (secondary N) is 1. The molecule has 2 aromatic rings. The van der Waals surface area contributed by atoms with Gasteiger partial charge in [-0.05, 0) is 52.0 Å². The van der Waals surface area contributed by atoms with Gasteiger partial charge in [-0.3, -0.25) is 4.79 Å². The highest BCUT2D eigenvalue weighted by Gasteiger charge is 2.19. The summed E-state index contributed by atoms with van der Waals surface area (Å²) in [4.78, 5) is 12.7. The van der Waals surface area contributed by atoms with Crippen LogP contribution in [-0.2, 0) is 0 Å². The second kappa shape index (κ2) is 8.16. The lowest BCUT2D eigenvalue weighted by molar-refractivity contribution is 0.0931. The van der Waals surface area contributed by atoms with E-state index in [-0.39, 0.29) is 11.9 Å². The molecule has 4 heteroatoms. The third kappa shape index (κ3) is 4.83. The Balaban J connectivity index is 2.24. The van der Waals surface area contributed by atoms with Crippen LogP contribution in [0.25, 0.3) is 0 Å². The molecule has 0 spiro atoms. The van der Waals surface area contributed by atoms with Gasteiger partial charge >= 0.3 is 0 Å². The Kier molecular flexibility index (Phi) is 6.22. The van der Waals surface area contributed by atoms with Crippen molar-refractivity contribution in [2.75, 3.05) is 7.11 Å². The average molecular weight is 376 g/mol. The molecule has 0 aromatic heterocycles. The molecule has 1 N–H and O–H groups in total. The average Bonchev–Trinajstić information content (AvgIpc) is 2.55. The summed E-state index contributed by atoms with van der Waals surface area (Å²) in [6.07, 6.45) is 0.886. The van der Waals surface area contributed by atoms with Crippen LogP contribution in [0.4, 0.5) is 0 Å². The molecule has 23 heavy (non-hydrogen) atoms. The van der Waals surface area contributed by atoms with E-state index in [1.54, 1.807) is 13.2 Å². The van der Waals surface area contributed by atoms with E-state index in [1.165, 1.54) is 0 Å². The lowest BCUT2D eigenvalue weighted by atomic mass is 9.96. The van der Waals surface area contributed by atoms with E-state index in [4.69, 9.17) is 4.74 Å². The van der Waals surface area contributed by atoms with E-state index in [0.717, 1.165) is 16.5 Å². The van der Waals surface area contributed by atoms with Crippen LogP contribution < -0.4 is 10.1 Å². The Bertz CT molecular complexity index is 656. The zero-order chi connectivity index (χ0) is 16.8. The molecule has 1 atom stereocenters. The maximum atomic E-state index is 12.7. The molecule has 2 rings (SSSR count). The SMILES string of the molecule is COc1ccc(Br)c(C(=O)NC(CC(C)C)c2ccccc2)c1. The van der Waals surface area contributed by atoms with Gasteiger partial charge in [-0.1, -0.05) is 44.2 Å². The molecule has 122 valence electrons. The third-order valence-electron chi connectivity index (χ3n) is 3.63. The number of carbonyl (C=O) groups is 1. The fourth-order valence-corrected chi connectivity index (χ4v) is 2.90. The summed E-state index contributed by atoms with van der Waals surface area (Å²) in [5.74, 6) is 1.04. The van der Waals surface area contributed by atoms with Crippen LogP contribution in [0.3, 0.4) is 0 Å². The quantitative estimate of drug-likeness (QED) is 0.773. The van der Waals surface area contributed by atoms with Crippen molar-refractivity contribution in [2.24, 2.45) is 5.92 Å². The van der Waals surface area contributed by atoms with Crippen LogP contribution in [0.5, 0.6) is 5.75 Å². The summed E-state index contributed by atoms with van der Waals surface area (Å²) in [6, 6.07) is 15.5. The Labute approximate surface area is 146 Å². The van der Waals surface area contributed by atoms with E-state index in [1.807, 2.05) is 42.5 Å². The smallest absolute Gasteiger partial charge is 0.253 e. The molecule has 3 nitrogen and oxygen atoms in total. The van der Waals surface area contributed by atoms with Crippen LogP contribution in [0.15, 0.2) is 53.0 Å². The van der Waals surface area contributed by atoms with Gasteiger partial charge in [0.2, 0.25) is 0 Å². The van der Waals surface area contributed by atoms with E-state index >= 15 is 0 Å². The summed E-state index contributed by atoms with van der Waals surface area (Å²) in [5, 5.41) is 3.15. The van der Waals surface area contributed by atoms with Crippen molar-refractivity contribution in [3.05, 3.63) is 64.1 Å². The molecule has 0 saturated heterocycles. The van der Waals surface area contributed by atoms with Crippen LogP contribution >= 0.6 is 15.9 Å². The molecule has 0 fully saturated rings. The van der Waals surface area contributed by atoms with Crippen molar-refractivity contribution in [2.45, 2.75) is 26.3 Å². The first kappa shape index (κ1) is 17.5. The summed E-state index contributed by atoms with van der Waals surface area (Å²) < 4.78 is 5.97. The molecule has 0 saturated carbocycles. The highest BCUT2D eigenvalue weighted by atomic mass is 79.9. The van der Waals surface area contributed by atoms with E-state index in [0.29, 0.717) is 17.2 Å². The molecular weight excluding hydrogens is 354 g/mol. The van der Waals surface area contributed by atoms with Gasteiger partial charge in [0.05, 0.1) is 18.7 Å². The molecule has 0 aliphatic heterocycles. The number of carbonyl (C=O) groups excluding carboxylic acids is 1. The maximum Gasteiger partial charge on any atom is 0.253 e. The van der Waals surface area contributed by atoms with Gasteiger partial charge in [0.15, 0.2) is 0 Å². The molecule has 0 radical (unpaired) electrons. The molecular formula is C19H22BrNO2. The van der Waals surface area contributed by atoms with Gasteiger partial charge in [-0.25, -0.2) is 0 Å². The van der Waals surface area contributed by atoms with Gasteiger partial charge in [-0.15, -0.1) is 0 Å². The Hall–Kier alpha value is -1.81. The second-order valence-corrected chi connectivity index (χ2v) is 6.77. The normalized spacial score (nSPS) is 12.0. The third-order valence-corrected chi connectivity index (χ3v) is 4.32. The predicted octanol–water partition coefficient (Wildman–Crippen LogP) is 4.97. The molecule has 1 amide bonds. The van der Waals surface area contributed by atoms with Gasteiger partial charge in [-0.2, -0.15) is 0 Å². The van der Waals surface area contributed by atoms with Gasteiger partial charge in [0.1, 0.15) is 5.75 Å². The van der Waals surface area contributed by atoms with Gasteiger partial charge in [0.25, 0.3) is 5.91 Å². The largest absolute Gasteiger partial charge is 0.497 e. The number of ether oxygens (including phenoxy) is 1. The standard InChI is InChI=1S/C19H22BrNO2/c1-13(2)11-18(14-7-5-4-6-8-14)21-19(22)16-12-15(23-3)9-10-17(16)20/h4-10,12-13,18H,11H2,1-3H3,(H,21,22). The van der Waals surface area contributed by atoms with Gasteiger partial charge in [0, 0.05) is 4.47 Å². The van der Waals surface area contributed by atoms with Crippen LogP contribution in [0.2, 0.25) is 0 Å². The summed E-state index contributed by atoms with van der Waals surface area (Å²) in [6.45, 7) is 4.31. The van der Waals surface area contributed by atoms with E-state index in [2.05, 4.69) is 35.1 Å². The van der Waals surface area contributed by atoms with E-state index in [9.17, 15) is 4.79 Å². The fourth-order valence-electron chi connectivity index (χ4n) is 2.48. The molecule has 0 heterocycles. The number of hydrogen-bond donors (Lipinski definition) is 1. The first-order valence-electron chi connectivity index (χ1n) is 7.70. The van der Waals surface area contributed by atoms with Crippen molar-refractivity contribution in [1.82, 2.24) is 5.32 Å². The second-order valence-electron chi connectivity index (χ2n) is 5.91. The minimum atomic E-state index is -0.106. The van der Waals surface area contributed by atoms with Crippen LogP contribution in [0, 0.1) is 5.92 Å². The maximum absolute atomic E-state index is 12.7. The lowest BCUT2D eigenvalue weighted by Crippen LogP contribution is -2.29. The highest BCUT2D eigenvalue weighted by molar-refractivity contribution is 9.10. The fraction of sp³-hybridized carbons (Fsp3) is 0.316. The van der Waals surface area contributed by atoms with Crippen molar-refractivity contribution in [1.29, 1.82) is 0 Å². The Morgan fingerprint density at radius 3 is 2.48 bits per heavy atom. The summed E-state index contributed by atoms with van der Waals surface area (Å²) >= 11 is 3.44. The number of hydrogen-bond acceptors (Lipinski definition) is 2. The first-order valence-corrected chi connectivity index (χ1v) is 8.50. The zero-order valence-corrected chi connectivity index (χ0v) is 15.3. The number of rotatable bonds is 6. The molecule has 2 aromatic carbocycles. The van der Waals surface area contributed by atoms with Crippen molar-refractivity contribution >= 4 is 21.8 Å². The Morgan fingerprint density at radius 2 is 1.87 bits per heavy atom.